The topological polar surface area (TPSA) is 202 Å². The molecule has 5 heterocycles. The quantitative estimate of drug-likeness (QED) is 0.0836. The van der Waals surface area contributed by atoms with Crippen LogP contribution in [0.3, 0.4) is 0 Å². The number of carbonyl (C=O) groups excluding carboxylic acids is 4. The zero-order valence-corrected chi connectivity index (χ0v) is 41.7. The molecule has 1 aliphatic carbocycles. The Labute approximate surface area is 408 Å². The molecule has 5 aromatic rings. The second-order valence-electron chi connectivity index (χ2n) is 18.8. The van der Waals surface area contributed by atoms with Crippen molar-refractivity contribution in [3.8, 4) is 15.4 Å². The molecule has 2 aromatic carbocycles. The summed E-state index contributed by atoms with van der Waals surface area (Å²) in [4.78, 5) is 67.3. The standard InChI is InChI=1S/C49H58ClN9O7S2/c1-26-28(3)68-48-41(26)42(31-12-14-33(50)15-13-31)54-37(45-57-56-29(4)59(45)48)21-39(61)53-34-18-36(19-34)66-17-16-65-24-40(62)55-44(49(5,6)7)47(64)58-23-35(60)20-38(58)46(63)51-22-30-8-10-32(11-9-30)43-27(2)52-25-67-43/h8-15,25,34-38,44,60H,16-24H2,1-7H3,(H,51,63)(H,53,61)(H,55,62)/t34?,35-,36?,37+,38+,44?/m1/s1. The Morgan fingerprint density at radius 3 is 2.35 bits per heavy atom. The summed E-state index contributed by atoms with van der Waals surface area (Å²) in [7, 11) is 0. The van der Waals surface area contributed by atoms with Crippen LogP contribution >= 0.6 is 34.3 Å². The second-order valence-corrected chi connectivity index (χ2v) is 21.3. The van der Waals surface area contributed by atoms with Crippen molar-refractivity contribution in [2.75, 3.05) is 26.4 Å². The van der Waals surface area contributed by atoms with Crippen molar-refractivity contribution in [1.29, 1.82) is 0 Å². The van der Waals surface area contributed by atoms with Gasteiger partial charge in [0.25, 0.3) is 0 Å². The van der Waals surface area contributed by atoms with E-state index in [1.807, 2.05) is 93.2 Å². The average Bonchev–Trinajstić information content (AvgIpc) is 4.05. The normalized spacial score (nSPS) is 20.4. The van der Waals surface area contributed by atoms with Gasteiger partial charge in [0.2, 0.25) is 23.6 Å². The number of aliphatic hydroxyl groups excluding tert-OH is 1. The summed E-state index contributed by atoms with van der Waals surface area (Å²) in [6, 6.07) is 12.9. The van der Waals surface area contributed by atoms with E-state index in [-0.39, 0.29) is 69.7 Å². The Morgan fingerprint density at radius 2 is 1.66 bits per heavy atom. The molecule has 4 N–H and O–H groups in total. The summed E-state index contributed by atoms with van der Waals surface area (Å²) in [6.45, 7) is 13.8. The fraction of sp³-hybridized carbons (Fsp3) is 0.469. The number of nitrogens with one attached hydrogen (secondary N) is 3. The van der Waals surface area contributed by atoms with E-state index in [1.54, 1.807) is 22.7 Å². The number of ether oxygens (including phenoxy) is 2. The summed E-state index contributed by atoms with van der Waals surface area (Å²) < 4.78 is 13.6. The number of nitrogens with zero attached hydrogens (tertiary/aromatic N) is 6. The highest BCUT2D eigenvalue weighted by atomic mass is 35.5. The third kappa shape index (κ3) is 10.9. The SMILES string of the molecule is Cc1ncsc1-c1ccc(CNC(=O)[C@@H]2C[C@@H](O)CN2C(=O)C(NC(=O)COCCOC2CC(NC(=O)C[C@@H]3N=C(c4ccc(Cl)cc4)c4c(sc(C)c4C)-n4c(C)nnc43)C2)C(C)(C)C)cc1. The lowest BCUT2D eigenvalue weighted by Gasteiger charge is -2.36. The van der Waals surface area contributed by atoms with Crippen LogP contribution in [0.4, 0.5) is 0 Å². The van der Waals surface area contributed by atoms with E-state index in [0.29, 0.717) is 23.7 Å². The molecule has 0 bridgehead atoms. The lowest BCUT2D eigenvalue weighted by Crippen LogP contribution is -2.58. The molecule has 1 saturated heterocycles. The van der Waals surface area contributed by atoms with Crippen LogP contribution in [0.15, 0.2) is 59.0 Å². The molecule has 68 heavy (non-hydrogen) atoms. The molecule has 3 aromatic heterocycles. The maximum atomic E-state index is 14.0. The molecule has 3 aliphatic rings. The van der Waals surface area contributed by atoms with Gasteiger partial charge >= 0.3 is 0 Å². The van der Waals surface area contributed by atoms with Crippen molar-refractivity contribution in [3.63, 3.8) is 0 Å². The molecule has 360 valence electrons. The van der Waals surface area contributed by atoms with Gasteiger partial charge in [-0.15, -0.1) is 32.9 Å². The van der Waals surface area contributed by atoms with E-state index in [2.05, 4.69) is 45.0 Å². The van der Waals surface area contributed by atoms with E-state index in [0.717, 1.165) is 54.9 Å². The smallest absolute Gasteiger partial charge is 0.246 e. The van der Waals surface area contributed by atoms with E-state index in [9.17, 15) is 24.3 Å². The summed E-state index contributed by atoms with van der Waals surface area (Å²) in [5.41, 5.74) is 7.80. The molecule has 0 spiro atoms. The number of aryl methyl sites for hydroxylation is 3. The molecule has 4 atom stereocenters. The number of aliphatic hydroxyl groups is 1. The zero-order valence-electron chi connectivity index (χ0n) is 39.3. The van der Waals surface area contributed by atoms with E-state index < -0.39 is 41.5 Å². The van der Waals surface area contributed by atoms with E-state index in [1.165, 1.54) is 9.78 Å². The van der Waals surface area contributed by atoms with Crippen molar-refractivity contribution in [1.82, 2.24) is 40.6 Å². The first-order valence-corrected chi connectivity index (χ1v) is 24.9. The molecule has 2 aliphatic heterocycles. The van der Waals surface area contributed by atoms with Crippen LogP contribution in [0.2, 0.25) is 5.02 Å². The highest BCUT2D eigenvalue weighted by Gasteiger charge is 2.44. The Bertz CT molecular complexity index is 2690. The number of thiophene rings is 1. The third-order valence-electron chi connectivity index (χ3n) is 12.7. The van der Waals surface area contributed by atoms with Gasteiger partial charge in [-0.2, -0.15) is 0 Å². The molecule has 0 radical (unpaired) electrons. The van der Waals surface area contributed by atoms with Crippen LogP contribution in [0.5, 0.6) is 0 Å². The minimum absolute atomic E-state index is 0.0253. The predicted molar refractivity (Wildman–Crippen MR) is 261 cm³/mol. The minimum Gasteiger partial charge on any atom is -0.391 e. The Balaban J connectivity index is 0.776. The van der Waals surface area contributed by atoms with Gasteiger partial charge in [0.05, 0.1) is 53.6 Å². The van der Waals surface area contributed by atoms with Gasteiger partial charge in [-0.25, -0.2) is 4.98 Å². The minimum atomic E-state index is -0.982. The molecule has 4 amide bonds. The number of carbonyl (C=O) groups is 4. The number of likely N-dealkylation sites (tertiary alicyclic amines) is 1. The first-order chi connectivity index (χ1) is 32.4. The molecule has 8 rings (SSSR count). The van der Waals surface area contributed by atoms with Gasteiger partial charge in [0.1, 0.15) is 35.6 Å². The highest BCUT2D eigenvalue weighted by molar-refractivity contribution is 7.15. The van der Waals surface area contributed by atoms with Crippen LogP contribution in [-0.2, 0) is 35.2 Å². The summed E-state index contributed by atoms with van der Waals surface area (Å²) in [5.74, 6) is -0.130. The summed E-state index contributed by atoms with van der Waals surface area (Å²) >= 11 is 9.48. The first-order valence-electron chi connectivity index (χ1n) is 22.8. The Kier molecular flexibility index (Phi) is 14.9. The van der Waals surface area contributed by atoms with Gasteiger partial charge in [0, 0.05) is 46.6 Å². The zero-order chi connectivity index (χ0) is 48.4. The van der Waals surface area contributed by atoms with Crippen LogP contribution in [0, 0.1) is 33.1 Å². The molecule has 16 nitrogen and oxygen atoms in total. The number of hydrogen-bond donors (Lipinski definition) is 4. The number of halogens is 1. The Hall–Kier alpha value is -5.37. The van der Waals surface area contributed by atoms with E-state index in [4.69, 9.17) is 26.1 Å². The molecule has 19 heteroatoms. The maximum Gasteiger partial charge on any atom is 0.246 e. The number of aliphatic imine (C=N–C) groups is 1. The van der Waals surface area contributed by atoms with Crippen molar-refractivity contribution in [2.45, 2.75) is 117 Å². The van der Waals surface area contributed by atoms with Crippen molar-refractivity contribution < 1.29 is 33.8 Å². The van der Waals surface area contributed by atoms with Crippen LogP contribution in [-0.4, -0.2) is 116 Å². The fourth-order valence-electron chi connectivity index (χ4n) is 8.84. The Morgan fingerprint density at radius 1 is 0.941 bits per heavy atom. The van der Waals surface area contributed by atoms with Crippen molar-refractivity contribution >= 4 is 63.6 Å². The largest absolute Gasteiger partial charge is 0.391 e. The molecule has 2 fully saturated rings. The summed E-state index contributed by atoms with van der Waals surface area (Å²) in [6.07, 6.45) is 0.464. The number of aromatic nitrogens is 4. The number of β-amino-alcohol motifs (C(OH)–C–C–N with tert-alkyl or cyclic N) is 1. The highest BCUT2D eigenvalue weighted by Crippen LogP contribution is 2.40. The predicted octanol–water partition coefficient (Wildman–Crippen LogP) is 6.11. The number of benzene rings is 2. The lowest BCUT2D eigenvalue weighted by atomic mass is 9.85. The van der Waals surface area contributed by atoms with Crippen molar-refractivity contribution in [2.24, 2.45) is 10.4 Å². The van der Waals surface area contributed by atoms with Gasteiger partial charge in [0.15, 0.2) is 5.82 Å². The third-order valence-corrected chi connectivity index (χ3v) is 15.1. The number of rotatable bonds is 16. The number of thiazole rings is 1. The van der Waals surface area contributed by atoms with Gasteiger partial charge in [-0.1, -0.05) is 68.8 Å². The maximum absolute atomic E-state index is 14.0. The average molecular weight is 985 g/mol. The number of hydrogen-bond acceptors (Lipinski definition) is 13. The molecule has 1 saturated carbocycles. The monoisotopic (exact) mass is 983 g/mol. The van der Waals surface area contributed by atoms with Crippen LogP contribution < -0.4 is 16.0 Å². The van der Waals surface area contributed by atoms with Gasteiger partial charge in [-0.05, 0) is 74.8 Å². The van der Waals surface area contributed by atoms with Crippen LogP contribution in [0.1, 0.15) is 97.0 Å². The second kappa shape index (κ2) is 20.7. The molecule has 1 unspecified atom stereocenters. The van der Waals surface area contributed by atoms with Gasteiger partial charge < -0.3 is 35.4 Å². The number of fused-ring (bicyclic) bond motifs is 3. The molecular weight excluding hydrogens is 926 g/mol. The van der Waals surface area contributed by atoms with E-state index >= 15 is 0 Å². The van der Waals surface area contributed by atoms with Gasteiger partial charge in [-0.3, -0.25) is 28.7 Å². The summed E-state index contributed by atoms with van der Waals surface area (Å²) in [5, 5.41) is 30.0. The number of amides is 4. The van der Waals surface area contributed by atoms with Crippen LogP contribution in [0.25, 0.3) is 15.4 Å². The van der Waals surface area contributed by atoms with Crippen molar-refractivity contribution in [3.05, 3.63) is 104 Å². The first kappa shape index (κ1) is 49.1. The lowest BCUT2D eigenvalue weighted by molar-refractivity contribution is -0.144. The fourth-order valence-corrected chi connectivity index (χ4v) is 11.0. The molecular formula is C49H58ClN9O7S2.